The van der Waals surface area contributed by atoms with Crippen LogP contribution in [-0.4, -0.2) is 23.2 Å². The normalized spacial score (nSPS) is 16.3. The molecule has 0 amide bonds. The number of carboxylic acids is 1. The smallest absolute Gasteiger partial charge is 0.306 e. The number of nitrogens with zero attached hydrogens (tertiary/aromatic N) is 1. The van der Waals surface area contributed by atoms with Gasteiger partial charge in [0, 0.05) is 15.8 Å². The van der Waals surface area contributed by atoms with Crippen LogP contribution in [0.2, 0.25) is 5.02 Å². The molecule has 1 atom stereocenters. The van der Waals surface area contributed by atoms with E-state index in [1.54, 1.807) is 18.4 Å². The highest BCUT2D eigenvalue weighted by atomic mass is 35.5. The molecule has 1 N–H and O–H groups in total. The van der Waals surface area contributed by atoms with Gasteiger partial charge in [0.15, 0.2) is 0 Å². The number of carboxylic acid groups (broad SMARTS) is 1. The van der Waals surface area contributed by atoms with Crippen LogP contribution in [0.25, 0.3) is 21.3 Å². The maximum Gasteiger partial charge on any atom is 0.306 e. The lowest BCUT2D eigenvalue weighted by Crippen LogP contribution is -2.20. The summed E-state index contributed by atoms with van der Waals surface area (Å²) in [6.45, 7) is 0. The van der Waals surface area contributed by atoms with Gasteiger partial charge in [0.25, 0.3) is 0 Å². The Morgan fingerprint density at radius 3 is 2.74 bits per heavy atom. The maximum absolute atomic E-state index is 11.4. The van der Waals surface area contributed by atoms with Crippen LogP contribution in [-0.2, 0) is 23.5 Å². The molecular formula is C20H17Cl2NO3S. The number of fused-ring (bicyclic) bond motifs is 3. The number of methoxy groups -OCH3 is 1. The number of ether oxygens (including phenoxy) is 1. The van der Waals surface area contributed by atoms with Gasteiger partial charge in [-0.05, 0) is 42.5 Å². The first kappa shape index (κ1) is 18.5. The van der Waals surface area contributed by atoms with E-state index in [-0.39, 0.29) is 11.8 Å². The molecule has 0 saturated carbocycles. The van der Waals surface area contributed by atoms with Gasteiger partial charge in [-0.25, -0.2) is 4.98 Å². The van der Waals surface area contributed by atoms with Gasteiger partial charge >= 0.3 is 5.97 Å². The van der Waals surface area contributed by atoms with E-state index in [4.69, 9.17) is 27.9 Å². The number of carbonyl (C=O) groups is 1. The minimum Gasteiger partial charge on any atom is -0.497 e. The highest BCUT2D eigenvalue weighted by Gasteiger charge is 2.30. The summed E-state index contributed by atoms with van der Waals surface area (Å²) in [5, 5.41) is 11.0. The quantitative estimate of drug-likeness (QED) is 0.560. The van der Waals surface area contributed by atoms with E-state index in [2.05, 4.69) is 4.98 Å². The Hall–Kier alpha value is -1.82. The van der Waals surface area contributed by atoms with Crippen molar-refractivity contribution in [3.8, 4) is 16.9 Å². The van der Waals surface area contributed by atoms with Gasteiger partial charge in [-0.3, -0.25) is 4.79 Å². The van der Waals surface area contributed by atoms with Crippen LogP contribution >= 0.6 is 34.5 Å². The molecule has 27 heavy (non-hydrogen) atoms. The first-order chi connectivity index (χ1) is 13.0. The summed E-state index contributed by atoms with van der Waals surface area (Å²) in [5.41, 5.74) is 3.71. The summed E-state index contributed by atoms with van der Waals surface area (Å²) < 4.78 is 5.26. The van der Waals surface area contributed by atoms with Crippen LogP contribution in [0.15, 0.2) is 24.3 Å². The second-order valence-corrected chi connectivity index (χ2v) is 8.30. The van der Waals surface area contributed by atoms with Crippen LogP contribution in [0.3, 0.4) is 0 Å². The maximum atomic E-state index is 11.4. The van der Waals surface area contributed by atoms with Crippen molar-refractivity contribution in [2.24, 2.45) is 5.92 Å². The van der Waals surface area contributed by atoms with Crippen molar-refractivity contribution >= 4 is 50.7 Å². The lowest BCUT2D eigenvalue weighted by molar-refractivity contribution is -0.142. The number of benzene rings is 1. The first-order valence-corrected chi connectivity index (χ1v) is 10.3. The zero-order chi connectivity index (χ0) is 19.1. The number of aliphatic carboxylic acids is 1. The fourth-order valence-corrected chi connectivity index (χ4v) is 5.56. The Morgan fingerprint density at radius 1 is 1.37 bits per heavy atom. The van der Waals surface area contributed by atoms with Crippen LogP contribution in [0, 0.1) is 5.92 Å². The second kappa shape index (κ2) is 7.30. The number of thiophene rings is 1. The molecule has 1 aliphatic carbocycles. The van der Waals surface area contributed by atoms with Crippen molar-refractivity contribution in [1.29, 1.82) is 0 Å². The van der Waals surface area contributed by atoms with E-state index < -0.39 is 5.97 Å². The van der Waals surface area contributed by atoms with Crippen molar-refractivity contribution in [2.75, 3.05) is 7.11 Å². The number of aromatic nitrogens is 1. The molecule has 0 fully saturated rings. The number of pyridine rings is 1. The molecule has 1 aromatic carbocycles. The van der Waals surface area contributed by atoms with Gasteiger partial charge < -0.3 is 9.84 Å². The first-order valence-electron chi connectivity index (χ1n) is 8.59. The topological polar surface area (TPSA) is 59.4 Å². The molecule has 0 bridgehead atoms. The third-order valence-electron chi connectivity index (χ3n) is 5.06. The summed E-state index contributed by atoms with van der Waals surface area (Å²) in [7, 11) is 1.63. The molecule has 140 valence electrons. The number of rotatable bonds is 4. The van der Waals surface area contributed by atoms with Crippen molar-refractivity contribution in [2.45, 2.75) is 25.1 Å². The molecule has 7 heteroatoms. The Labute approximate surface area is 170 Å². The molecule has 2 heterocycles. The SMILES string of the molecule is COc1ccc(-c2c(Cl)c(CCl)nc3sc4c(c23)CCC(C(=O)O)C4)cc1. The second-order valence-electron chi connectivity index (χ2n) is 6.57. The Bertz CT molecular complexity index is 1030. The summed E-state index contributed by atoms with van der Waals surface area (Å²) in [5.74, 6) is -0.0774. The van der Waals surface area contributed by atoms with Gasteiger partial charge in [0.2, 0.25) is 0 Å². The lowest BCUT2D eigenvalue weighted by atomic mass is 9.86. The third-order valence-corrected chi connectivity index (χ3v) is 6.87. The van der Waals surface area contributed by atoms with E-state index in [0.717, 1.165) is 32.0 Å². The largest absolute Gasteiger partial charge is 0.497 e. The van der Waals surface area contributed by atoms with Crippen molar-refractivity contribution in [3.63, 3.8) is 0 Å². The van der Waals surface area contributed by atoms with Gasteiger partial charge in [0.05, 0.1) is 29.6 Å². The predicted octanol–water partition coefficient (Wildman–Crippen LogP) is 5.55. The van der Waals surface area contributed by atoms with E-state index >= 15 is 0 Å². The van der Waals surface area contributed by atoms with Gasteiger partial charge in [-0.2, -0.15) is 0 Å². The summed E-state index contributed by atoms with van der Waals surface area (Å²) in [6, 6.07) is 7.75. The molecule has 3 aromatic rings. The standard InChI is InChI=1S/C20H17Cl2NO3S/c1-26-12-5-2-10(3-6-12)16-17-13-7-4-11(20(24)25)8-15(13)27-19(17)23-14(9-21)18(16)22/h2-3,5-6,11H,4,7-9H2,1H3,(H,24,25). The van der Waals surface area contributed by atoms with Crippen molar-refractivity contribution in [3.05, 3.63) is 45.4 Å². The zero-order valence-corrected chi connectivity index (χ0v) is 16.9. The molecule has 4 nitrogen and oxygen atoms in total. The molecule has 1 unspecified atom stereocenters. The highest BCUT2D eigenvalue weighted by Crippen LogP contribution is 2.45. The lowest BCUT2D eigenvalue weighted by Gasteiger charge is -2.19. The zero-order valence-electron chi connectivity index (χ0n) is 14.6. The van der Waals surface area contributed by atoms with Crippen LogP contribution < -0.4 is 4.74 Å². The Morgan fingerprint density at radius 2 is 2.11 bits per heavy atom. The molecule has 1 aliphatic rings. The minimum atomic E-state index is -0.735. The molecule has 4 rings (SSSR count). The molecule has 0 radical (unpaired) electrons. The molecule has 2 aromatic heterocycles. The van der Waals surface area contributed by atoms with Crippen LogP contribution in [0.1, 0.15) is 22.6 Å². The number of hydrogen-bond donors (Lipinski definition) is 1. The molecule has 0 saturated heterocycles. The molecule has 0 aliphatic heterocycles. The Kier molecular flexibility index (Phi) is 5.01. The van der Waals surface area contributed by atoms with E-state index in [1.807, 2.05) is 24.3 Å². The van der Waals surface area contributed by atoms with Crippen LogP contribution in [0.5, 0.6) is 5.75 Å². The van der Waals surface area contributed by atoms with Gasteiger partial charge in [-0.1, -0.05) is 23.7 Å². The van der Waals surface area contributed by atoms with E-state index in [1.165, 1.54) is 5.56 Å². The number of aryl methyl sites for hydroxylation is 1. The van der Waals surface area contributed by atoms with Gasteiger partial charge in [0.1, 0.15) is 10.6 Å². The Balaban J connectivity index is 1.96. The third kappa shape index (κ3) is 3.18. The summed E-state index contributed by atoms with van der Waals surface area (Å²) in [4.78, 5) is 18.1. The minimum absolute atomic E-state index is 0.220. The summed E-state index contributed by atoms with van der Waals surface area (Å²) in [6.07, 6.45) is 1.89. The van der Waals surface area contributed by atoms with Crippen molar-refractivity contribution in [1.82, 2.24) is 4.98 Å². The van der Waals surface area contributed by atoms with Gasteiger partial charge in [-0.15, -0.1) is 22.9 Å². The monoisotopic (exact) mass is 421 g/mol. The van der Waals surface area contributed by atoms with E-state index in [9.17, 15) is 9.90 Å². The van der Waals surface area contributed by atoms with Crippen LogP contribution in [0.4, 0.5) is 0 Å². The molecule has 0 spiro atoms. The fourth-order valence-electron chi connectivity index (χ4n) is 3.66. The highest BCUT2D eigenvalue weighted by molar-refractivity contribution is 7.19. The van der Waals surface area contributed by atoms with E-state index in [0.29, 0.717) is 30.0 Å². The molecular weight excluding hydrogens is 405 g/mol. The predicted molar refractivity (Wildman–Crippen MR) is 109 cm³/mol. The number of alkyl halides is 1. The average Bonchev–Trinajstić information content (AvgIpc) is 3.04. The van der Waals surface area contributed by atoms with Crippen molar-refractivity contribution < 1.29 is 14.6 Å². The fraction of sp³-hybridized carbons (Fsp3) is 0.300. The average molecular weight is 422 g/mol. The number of hydrogen-bond acceptors (Lipinski definition) is 4. The summed E-state index contributed by atoms with van der Waals surface area (Å²) >= 11 is 14.4. The number of halogens is 2.